The molecule has 0 saturated heterocycles. The zero-order valence-electron chi connectivity index (χ0n) is 13.2. The van der Waals surface area contributed by atoms with E-state index in [1.807, 2.05) is 37.3 Å². The van der Waals surface area contributed by atoms with Crippen LogP contribution in [0.15, 0.2) is 34.7 Å². The highest BCUT2D eigenvalue weighted by atomic mass is 16.7. The summed E-state index contributed by atoms with van der Waals surface area (Å²) >= 11 is 0. The minimum absolute atomic E-state index is 0.251. The van der Waals surface area contributed by atoms with Crippen molar-refractivity contribution in [2.24, 2.45) is 0 Å². The number of fused-ring (bicyclic) bond motifs is 1. The monoisotopic (exact) mass is 315 g/mol. The molecular weight excluding hydrogens is 294 g/mol. The van der Waals surface area contributed by atoms with E-state index >= 15 is 0 Å². The van der Waals surface area contributed by atoms with Gasteiger partial charge in [-0.25, -0.2) is 0 Å². The fraction of sp³-hybridized carbons (Fsp3) is 0.444. The number of nitrogens with zero attached hydrogens (tertiary/aromatic N) is 1. The number of furan rings is 1. The van der Waals surface area contributed by atoms with Crippen LogP contribution in [0.25, 0.3) is 0 Å². The minimum Gasteiger partial charge on any atom is -0.465 e. The molecule has 5 nitrogen and oxygen atoms in total. The van der Waals surface area contributed by atoms with E-state index in [0.717, 1.165) is 29.4 Å². The summed E-state index contributed by atoms with van der Waals surface area (Å²) in [7, 11) is 0. The maximum absolute atomic E-state index is 10.6. The summed E-state index contributed by atoms with van der Waals surface area (Å²) in [6.45, 7) is 3.53. The van der Waals surface area contributed by atoms with E-state index in [2.05, 4.69) is 4.90 Å². The van der Waals surface area contributed by atoms with Crippen LogP contribution >= 0.6 is 0 Å². The zero-order valence-corrected chi connectivity index (χ0v) is 13.2. The SMILES string of the molecule is Cc1ccc(CN(CC(O)c2ccc3c(c2)OCO3)C2CC2)o1. The van der Waals surface area contributed by atoms with Crippen LogP contribution in [0.3, 0.4) is 0 Å². The van der Waals surface area contributed by atoms with Gasteiger partial charge >= 0.3 is 0 Å². The third-order valence-electron chi connectivity index (χ3n) is 4.41. The molecule has 1 aromatic carbocycles. The highest BCUT2D eigenvalue weighted by molar-refractivity contribution is 5.45. The molecular formula is C18H21NO4. The second kappa shape index (κ2) is 5.91. The van der Waals surface area contributed by atoms with E-state index in [-0.39, 0.29) is 6.79 Å². The summed E-state index contributed by atoms with van der Waals surface area (Å²) in [4.78, 5) is 2.30. The molecule has 2 aromatic rings. The summed E-state index contributed by atoms with van der Waals surface area (Å²) in [5.74, 6) is 3.33. The van der Waals surface area contributed by atoms with Crippen LogP contribution < -0.4 is 9.47 Å². The molecule has 1 atom stereocenters. The highest BCUT2D eigenvalue weighted by Gasteiger charge is 2.31. The van der Waals surface area contributed by atoms with Gasteiger partial charge in [-0.1, -0.05) is 6.07 Å². The molecule has 0 radical (unpaired) electrons. The van der Waals surface area contributed by atoms with E-state index in [4.69, 9.17) is 13.9 Å². The van der Waals surface area contributed by atoms with Crippen molar-refractivity contribution in [1.29, 1.82) is 0 Å². The Labute approximate surface area is 135 Å². The lowest BCUT2D eigenvalue weighted by Gasteiger charge is -2.24. The molecule has 1 aliphatic carbocycles. The first-order chi connectivity index (χ1) is 11.2. The summed E-state index contributed by atoms with van der Waals surface area (Å²) in [5, 5.41) is 10.6. The Kier molecular flexibility index (Phi) is 3.75. The second-order valence-corrected chi connectivity index (χ2v) is 6.30. The fourth-order valence-corrected chi connectivity index (χ4v) is 3.00. The van der Waals surface area contributed by atoms with Crippen LogP contribution in [0.1, 0.15) is 36.0 Å². The predicted octanol–water partition coefficient (Wildman–Crippen LogP) is 3.01. The zero-order chi connectivity index (χ0) is 15.8. The number of aliphatic hydroxyl groups is 1. The standard InChI is InChI=1S/C18H21NO4/c1-12-2-6-15(23-12)9-19(14-4-5-14)10-16(20)13-3-7-17-18(8-13)22-11-21-17/h2-3,6-8,14,16,20H,4-5,9-11H2,1H3. The number of rotatable bonds is 6. The molecule has 0 amide bonds. The van der Waals surface area contributed by atoms with Gasteiger partial charge in [0.25, 0.3) is 0 Å². The van der Waals surface area contributed by atoms with Crippen molar-refractivity contribution in [3.63, 3.8) is 0 Å². The van der Waals surface area contributed by atoms with Gasteiger partial charge in [-0.05, 0) is 49.6 Å². The molecule has 4 rings (SSSR count). The van der Waals surface area contributed by atoms with Crippen molar-refractivity contribution in [1.82, 2.24) is 4.90 Å². The summed E-state index contributed by atoms with van der Waals surface area (Å²) in [5.41, 5.74) is 0.857. The first kappa shape index (κ1) is 14.6. The topological polar surface area (TPSA) is 55.1 Å². The molecule has 1 N–H and O–H groups in total. The molecule has 1 aromatic heterocycles. The Balaban J connectivity index is 1.45. The van der Waals surface area contributed by atoms with Crippen molar-refractivity contribution in [2.75, 3.05) is 13.3 Å². The number of hydrogen-bond donors (Lipinski definition) is 1. The van der Waals surface area contributed by atoms with Gasteiger partial charge in [-0.2, -0.15) is 0 Å². The van der Waals surface area contributed by atoms with Gasteiger partial charge in [0.1, 0.15) is 11.5 Å². The Bertz CT molecular complexity index is 692. The Morgan fingerprint density at radius 3 is 2.74 bits per heavy atom. The molecule has 1 saturated carbocycles. The minimum atomic E-state index is -0.554. The molecule has 23 heavy (non-hydrogen) atoms. The second-order valence-electron chi connectivity index (χ2n) is 6.30. The molecule has 0 spiro atoms. The average Bonchev–Trinajstić information content (AvgIpc) is 3.15. The van der Waals surface area contributed by atoms with Gasteiger partial charge in [0.05, 0.1) is 12.6 Å². The molecule has 122 valence electrons. The van der Waals surface area contributed by atoms with Crippen LogP contribution in [0.4, 0.5) is 0 Å². The lowest BCUT2D eigenvalue weighted by atomic mass is 10.1. The van der Waals surface area contributed by atoms with Gasteiger partial charge in [0.2, 0.25) is 6.79 Å². The van der Waals surface area contributed by atoms with Crippen LogP contribution in [0, 0.1) is 6.92 Å². The van der Waals surface area contributed by atoms with Crippen LogP contribution in [0.2, 0.25) is 0 Å². The smallest absolute Gasteiger partial charge is 0.231 e. The Morgan fingerprint density at radius 1 is 1.17 bits per heavy atom. The number of hydrogen-bond acceptors (Lipinski definition) is 5. The van der Waals surface area contributed by atoms with E-state index in [1.54, 1.807) is 0 Å². The third kappa shape index (κ3) is 3.21. The van der Waals surface area contributed by atoms with Crippen molar-refractivity contribution in [3.05, 3.63) is 47.4 Å². The van der Waals surface area contributed by atoms with Gasteiger partial charge in [0, 0.05) is 12.6 Å². The fourth-order valence-electron chi connectivity index (χ4n) is 3.00. The molecule has 5 heteroatoms. The average molecular weight is 315 g/mol. The van der Waals surface area contributed by atoms with Crippen molar-refractivity contribution in [3.8, 4) is 11.5 Å². The number of benzene rings is 1. The van der Waals surface area contributed by atoms with Crippen LogP contribution in [0.5, 0.6) is 11.5 Å². The van der Waals surface area contributed by atoms with Gasteiger partial charge in [-0.15, -0.1) is 0 Å². The summed E-state index contributed by atoms with van der Waals surface area (Å²) in [6, 6.07) is 10.2. The van der Waals surface area contributed by atoms with E-state index in [0.29, 0.717) is 18.3 Å². The molecule has 1 aliphatic heterocycles. The predicted molar refractivity (Wildman–Crippen MR) is 84.4 cm³/mol. The molecule has 1 unspecified atom stereocenters. The van der Waals surface area contributed by atoms with E-state index in [9.17, 15) is 5.11 Å². The van der Waals surface area contributed by atoms with Crippen LogP contribution in [-0.2, 0) is 6.54 Å². The van der Waals surface area contributed by atoms with Crippen molar-refractivity contribution < 1.29 is 19.0 Å². The van der Waals surface area contributed by atoms with E-state index in [1.165, 1.54) is 12.8 Å². The van der Waals surface area contributed by atoms with Crippen molar-refractivity contribution >= 4 is 0 Å². The lowest BCUT2D eigenvalue weighted by Crippen LogP contribution is -2.30. The van der Waals surface area contributed by atoms with Crippen molar-refractivity contribution in [2.45, 2.75) is 38.5 Å². The molecule has 2 aliphatic rings. The maximum Gasteiger partial charge on any atom is 0.231 e. The first-order valence-corrected chi connectivity index (χ1v) is 8.06. The third-order valence-corrected chi connectivity index (χ3v) is 4.41. The molecule has 1 fully saturated rings. The molecule has 0 bridgehead atoms. The number of aryl methyl sites for hydroxylation is 1. The summed E-state index contributed by atoms with van der Waals surface area (Å²) in [6.07, 6.45) is 1.82. The normalized spacial score (nSPS) is 17.7. The van der Waals surface area contributed by atoms with Gasteiger partial charge in [-0.3, -0.25) is 4.90 Å². The largest absolute Gasteiger partial charge is 0.465 e. The maximum atomic E-state index is 10.6. The summed E-state index contributed by atoms with van der Waals surface area (Å²) < 4.78 is 16.4. The Morgan fingerprint density at radius 2 is 2.00 bits per heavy atom. The lowest BCUT2D eigenvalue weighted by molar-refractivity contribution is 0.0996. The van der Waals surface area contributed by atoms with Gasteiger partial charge < -0.3 is 19.0 Å². The van der Waals surface area contributed by atoms with Gasteiger partial charge in [0.15, 0.2) is 11.5 Å². The highest BCUT2D eigenvalue weighted by Crippen LogP contribution is 2.35. The Hall–Kier alpha value is -1.98. The van der Waals surface area contributed by atoms with Crippen LogP contribution in [-0.4, -0.2) is 29.4 Å². The first-order valence-electron chi connectivity index (χ1n) is 8.06. The number of aliphatic hydroxyl groups excluding tert-OH is 1. The quantitative estimate of drug-likeness (QED) is 0.888. The number of ether oxygens (including phenoxy) is 2. The molecule has 2 heterocycles. The van der Waals surface area contributed by atoms with E-state index < -0.39 is 6.10 Å².